The molecule has 2 atom stereocenters. The predicted octanol–water partition coefficient (Wildman–Crippen LogP) is 13.9. The van der Waals surface area contributed by atoms with Gasteiger partial charge in [-0.2, -0.15) is 0 Å². The van der Waals surface area contributed by atoms with Crippen molar-refractivity contribution in [1.82, 2.24) is 0 Å². The molecule has 0 nitrogen and oxygen atoms in total. The van der Waals surface area contributed by atoms with Crippen LogP contribution >= 0.6 is 0 Å². The Labute approximate surface area is 299 Å². The molecule has 0 radical (unpaired) electrons. The first-order chi connectivity index (χ1) is 22.8. The summed E-state index contributed by atoms with van der Waals surface area (Å²) in [5, 5.41) is 3.04. The van der Waals surface area contributed by atoms with E-state index >= 15 is 0 Å². The molecule has 0 saturated heterocycles. The van der Waals surface area contributed by atoms with Gasteiger partial charge in [-0.3, -0.25) is 0 Å². The zero-order chi connectivity index (χ0) is 36.2. The minimum atomic E-state index is -5.38. The van der Waals surface area contributed by atoms with Crippen molar-refractivity contribution in [3.8, 4) is 0 Å². The predicted molar refractivity (Wildman–Crippen MR) is 222 cm³/mol. The maximum absolute atomic E-state index is 5.38. The molecule has 266 valence electrons. The first kappa shape index (κ1) is 38.3. The van der Waals surface area contributed by atoms with Crippen molar-refractivity contribution >= 4 is 23.7 Å². The summed E-state index contributed by atoms with van der Waals surface area (Å²) in [5.41, 5.74) is 15.8. The molecule has 0 aliphatic heterocycles. The first-order valence-corrected chi connectivity index (χ1v) is 30.5. The van der Waals surface area contributed by atoms with Crippen LogP contribution in [0.5, 0.6) is 0 Å². The first-order valence-electron chi connectivity index (χ1n) is 20.1. The third-order valence-corrected chi connectivity index (χ3v) is 44.7. The van der Waals surface area contributed by atoms with Gasteiger partial charge in [0.2, 0.25) is 0 Å². The van der Waals surface area contributed by atoms with E-state index in [2.05, 4.69) is 163 Å². The summed E-state index contributed by atoms with van der Waals surface area (Å²) in [6.07, 6.45) is 10.3. The van der Waals surface area contributed by atoms with Crippen LogP contribution in [0.2, 0.25) is 14.7 Å². The Hall–Kier alpha value is -1.93. The summed E-state index contributed by atoms with van der Waals surface area (Å²) in [5.74, 6) is 1.94. The molecule has 2 aliphatic carbocycles. The number of fused-ring (bicyclic) bond motifs is 2. The van der Waals surface area contributed by atoms with Gasteiger partial charge in [-0.05, 0) is 0 Å². The second kappa shape index (κ2) is 12.3. The van der Waals surface area contributed by atoms with Crippen molar-refractivity contribution in [1.29, 1.82) is 0 Å². The van der Waals surface area contributed by atoms with E-state index in [-0.39, 0.29) is 0 Å². The van der Waals surface area contributed by atoms with Gasteiger partial charge >= 0.3 is 301 Å². The van der Waals surface area contributed by atoms with Gasteiger partial charge in [0.25, 0.3) is 0 Å². The van der Waals surface area contributed by atoms with Crippen LogP contribution in [0.1, 0.15) is 185 Å². The molecule has 3 aromatic carbocycles. The number of rotatable bonds is 13. The van der Waals surface area contributed by atoms with E-state index in [1.165, 1.54) is 46.3 Å². The third-order valence-electron chi connectivity index (χ3n) is 14.9. The fourth-order valence-electron chi connectivity index (χ4n) is 12.6. The molecule has 2 aliphatic rings. The van der Waals surface area contributed by atoms with E-state index in [0.717, 1.165) is 0 Å². The van der Waals surface area contributed by atoms with Gasteiger partial charge in [0.15, 0.2) is 0 Å². The SMILES string of the molecule is CCC[CH2][Ti]([CH3])(=[SiH2])([CH2]CCC)([c]1ccccc1)([CH]1C(C)=Cc2c(C(C)C)cc(C(C)C)cc21)[CH]1C(C)=Cc2c(C(C)C)cc(C(C)C)cc21. The van der Waals surface area contributed by atoms with Gasteiger partial charge in [0.05, 0.1) is 0 Å². The van der Waals surface area contributed by atoms with E-state index in [0.29, 0.717) is 32.1 Å². The van der Waals surface area contributed by atoms with Crippen LogP contribution in [-0.4, -0.2) is 7.63 Å². The number of hydrogen-bond acceptors (Lipinski definition) is 0. The molecule has 5 rings (SSSR count). The van der Waals surface area contributed by atoms with Crippen LogP contribution in [0.25, 0.3) is 12.2 Å². The van der Waals surface area contributed by atoms with Gasteiger partial charge in [-0.25, -0.2) is 0 Å². The Bertz CT molecular complexity index is 1830. The van der Waals surface area contributed by atoms with E-state index < -0.39 is 11.5 Å². The molecule has 0 fully saturated rings. The normalized spacial score (nSPS) is 19.8. The molecule has 49 heavy (non-hydrogen) atoms. The van der Waals surface area contributed by atoms with Crippen molar-refractivity contribution in [2.45, 2.75) is 156 Å². The van der Waals surface area contributed by atoms with Gasteiger partial charge in [0.1, 0.15) is 0 Å². The van der Waals surface area contributed by atoms with Crippen LogP contribution in [0.3, 0.4) is 0 Å². The van der Waals surface area contributed by atoms with Crippen molar-refractivity contribution in [3.05, 3.63) is 110 Å². The zero-order valence-corrected chi connectivity index (χ0v) is 36.7. The fourth-order valence-corrected chi connectivity index (χ4v) is 44.0. The molecular formula is C47H70SiTi. The summed E-state index contributed by atoms with van der Waals surface area (Å²) in [6.45, 7) is 29.2. The zero-order valence-electron chi connectivity index (χ0n) is 33.8. The van der Waals surface area contributed by atoms with Gasteiger partial charge in [-0.15, -0.1) is 0 Å². The topological polar surface area (TPSA) is 0 Å². The molecule has 0 aromatic heterocycles. The molecule has 0 N–H and O–H groups in total. The molecular weight excluding hydrogens is 640 g/mol. The second-order valence-corrected chi connectivity index (χ2v) is 51.2. The van der Waals surface area contributed by atoms with E-state index in [1.54, 1.807) is 48.4 Å². The standard InChI is InChI=1S/2C16H21.C6H5.2C4H9.CH3.H2Si.Ti/c2*1-10(2)13-8-14-6-12(5)7-16(14)15(9-13)11(3)4;1-2-4-6-5-3-1;2*1-3-4-2;;;/h2*6-11H,1-5H3;1-5H;2*1,3-4H2,2H3;1H3;1H2;. The van der Waals surface area contributed by atoms with Crippen LogP contribution in [0, 0.1) is 0 Å². The Morgan fingerprint density at radius 3 is 1.31 bits per heavy atom. The van der Waals surface area contributed by atoms with Gasteiger partial charge in [0, 0.05) is 0 Å². The Kier molecular flexibility index (Phi) is 9.65. The Balaban J connectivity index is 2.14. The third kappa shape index (κ3) is 5.29. The van der Waals surface area contributed by atoms with Crippen LogP contribution < -0.4 is 3.87 Å². The monoisotopic (exact) mass is 710 g/mol. The molecule has 0 heterocycles. The Morgan fingerprint density at radius 2 is 0.980 bits per heavy atom. The number of hydrogen-bond donors (Lipinski definition) is 0. The number of unbranched alkanes of at least 4 members (excludes halogenated alkanes) is 2. The summed E-state index contributed by atoms with van der Waals surface area (Å²) < 4.78 is 5.07. The summed E-state index contributed by atoms with van der Waals surface area (Å²) in [4.78, 5) is 0. The molecule has 3 aromatic rings. The quantitative estimate of drug-likeness (QED) is 0.155. The number of benzene rings is 3. The molecule has 0 spiro atoms. The average molecular weight is 711 g/mol. The van der Waals surface area contributed by atoms with E-state index in [9.17, 15) is 0 Å². The molecule has 2 unspecified atom stereocenters. The van der Waals surface area contributed by atoms with Crippen molar-refractivity contribution in [2.24, 2.45) is 0 Å². The Morgan fingerprint density at radius 1 is 0.592 bits per heavy atom. The fraction of sp³-hybridized carbons (Fsp3) is 0.532. The van der Waals surface area contributed by atoms with Gasteiger partial charge in [-0.1, -0.05) is 0 Å². The number of allylic oxidation sites excluding steroid dienone is 2. The minimum absolute atomic E-state index is 0.382. The van der Waals surface area contributed by atoms with Crippen LogP contribution in [0.4, 0.5) is 0 Å². The van der Waals surface area contributed by atoms with Crippen molar-refractivity contribution < 1.29 is 11.5 Å². The maximum atomic E-state index is 3.04. The average Bonchev–Trinajstić information content (AvgIpc) is 3.60. The van der Waals surface area contributed by atoms with Crippen LogP contribution in [0.15, 0.2) is 65.7 Å². The summed E-state index contributed by atoms with van der Waals surface area (Å²) in [6, 6.07) is 22.9. The summed E-state index contributed by atoms with van der Waals surface area (Å²) in [7, 11) is 2.66. The molecule has 0 saturated carbocycles. The van der Waals surface area contributed by atoms with E-state index in [4.69, 9.17) is 0 Å². The van der Waals surface area contributed by atoms with Gasteiger partial charge < -0.3 is 0 Å². The second-order valence-electron chi connectivity index (χ2n) is 19.9. The van der Waals surface area contributed by atoms with Crippen LogP contribution in [-0.2, 0) is 11.5 Å². The van der Waals surface area contributed by atoms with E-state index in [1.807, 2.05) is 0 Å². The molecule has 0 bridgehead atoms. The van der Waals surface area contributed by atoms with Crippen molar-refractivity contribution in [3.63, 3.8) is 0 Å². The summed E-state index contributed by atoms with van der Waals surface area (Å²) >= 11 is -5.38. The molecule has 2 heteroatoms. The van der Waals surface area contributed by atoms with Crippen molar-refractivity contribution in [2.75, 3.05) is 0 Å². The molecule has 0 amide bonds.